The second kappa shape index (κ2) is 7.44. The molecule has 1 aliphatic rings. The zero-order chi connectivity index (χ0) is 14.4. The van der Waals surface area contributed by atoms with Crippen molar-refractivity contribution in [3.63, 3.8) is 0 Å². The van der Waals surface area contributed by atoms with Crippen LogP contribution in [0.25, 0.3) is 0 Å². The molecular weight excluding hydrogens is 248 g/mol. The van der Waals surface area contributed by atoms with Gasteiger partial charge in [-0.25, -0.2) is 0 Å². The Morgan fingerprint density at radius 1 is 1.20 bits per heavy atom. The lowest BCUT2D eigenvalue weighted by atomic mass is 9.87. The van der Waals surface area contributed by atoms with Crippen molar-refractivity contribution in [3.05, 3.63) is 30.3 Å². The third kappa shape index (κ3) is 4.64. The molecule has 20 heavy (non-hydrogen) atoms. The molecule has 1 fully saturated rings. The predicted octanol–water partition coefficient (Wildman–Crippen LogP) is 3.53. The highest BCUT2D eigenvalue weighted by atomic mass is 16.1. The molecule has 1 saturated carbocycles. The molecule has 1 aliphatic carbocycles. The van der Waals surface area contributed by atoms with Crippen LogP contribution in [-0.4, -0.2) is 30.4 Å². The van der Waals surface area contributed by atoms with Crippen molar-refractivity contribution in [1.82, 2.24) is 4.90 Å². The van der Waals surface area contributed by atoms with E-state index in [1.54, 1.807) is 0 Å². The topological polar surface area (TPSA) is 32.3 Å². The quantitative estimate of drug-likeness (QED) is 0.891. The number of amides is 1. The summed E-state index contributed by atoms with van der Waals surface area (Å²) in [5.74, 6) is 0.980. The largest absolute Gasteiger partial charge is 0.326 e. The highest BCUT2D eigenvalue weighted by Crippen LogP contribution is 2.26. The number of carbonyl (C=O) groups is 1. The summed E-state index contributed by atoms with van der Waals surface area (Å²) in [6.07, 6.45) is 5.77. The van der Waals surface area contributed by atoms with Crippen LogP contribution >= 0.6 is 0 Å². The molecule has 0 unspecified atom stereocenters. The molecule has 1 aromatic carbocycles. The van der Waals surface area contributed by atoms with Crippen molar-refractivity contribution in [3.8, 4) is 0 Å². The van der Waals surface area contributed by atoms with E-state index >= 15 is 0 Å². The second-order valence-electron chi connectivity index (χ2n) is 6.06. The number of para-hydroxylation sites is 1. The fourth-order valence-electron chi connectivity index (χ4n) is 2.89. The Morgan fingerprint density at radius 3 is 2.50 bits per heavy atom. The van der Waals surface area contributed by atoms with Crippen LogP contribution < -0.4 is 5.32 Å². The lowest BCUT2D eigenvalue weighted by molar-refractivity contribution is -0.116. The first-order valence-electron chi connectivity index (χ1n) is 7.70. The molecule has 0 saturated heterocycles. The number of hydrogen-bond acceptors (Lipinski definition) is 2. The van der Waals surface area contributed by atoms with Crippen LogP contribution in [0.2, 0.25) is 0 Å². The van der Waals surface area contributed by atoms with Crippen molar-refractivity contribution in [2.75, 3.05) is 18.9 Å². The second-order valence-corrected chi connectivity index (χ2v) is 6.06. The summed E-state index contributed by atoms with van der Waals surface area (Å²) in [6, 6.07) is 10.3. The van der Waals surface area contributed by atoms with Crippen LogP contribution in [0.3, 0.4) is 0 Å². The summed E-state index contributed by atoms with van der Waals surface area (Å²) in [6.45, 7) is 3.18. The average molecular weight is 274 g/mol. The molecule has 110 valence electrons. The lowest BCUT2D eigenvalue weighted by Gasteiger charge is -2.33. The monoisotopic (exact) mass is 274 g/mol. The number of rotatable bonds is 5. The van der Waals surface area contributed by atoms with Gasteiger partial charge in [0.1, 0.15) is 0 Å². The molecule has 0 radical (unpaired) electrons. The van der Waals surface area contributed by atoms with Crippen molar-refractivity contribution < 1.29 is 4.79 Å². The zero-order valence-electron chi connectivity index (χ0n) is 12.6. The van der Waals surface area contributed by atoms with Gasteiger partial charge in [-0.15, -0.1) is 0 Å². The zero-order valence-corrected chi connectivity index (χ0v) is 12.6. The van der Waals surface area contributed by atoms with Gasteiger partial charge < -0.3 is 10.2 Å². The highest BCUT2D eigenvalue weighted by Gasteiger charge is 2.21. The number of nitrogens with one attached hydrogen (secondary N) is 1. The standard InChI is InChI=1S/C17H26N2O/c1-14-8-10-16(11-9-14)19(2)13-12-17(20)18-15-6-4-3-5-7-15/h3-7,14,16H,8-13H2,1-2H3,(H,18,20). The first kappa shape index (κ1) is 15.0. The number of carbonyl (C=O) groups excluding carboxylic acids is 1. The van der Waals surface area contributed by atoms with Crippen LogP contribution in [-0.2, 0) is 4.79 Å². The van der Waals surface area contributed by atoms with E-state index in [1.165, 1.54) is 25.7 Å². The van der Waals surface area contributed by atoms with Crippen LogP contribution in [0.15, 0.2) is 30.3 Å². The summed E-state index contributed by atoms with van der Waals surface area (Å²) in [7, 11) is 2.15. The summed E-state index contributed by atoms with van der Waals surface area (Å²) >= 11 is 0. The van der Waals surface area contributed by atoms with Gasteiger partial charge in [-0.3, -0.25) is 4.79 Å². The minimum Gasteiger partial charge on any atom is -0.326 e. The van der Waals surface area contributed by atoms with Crippen LogP contribution in [0.4, 0.5) is 5.69 Å². The fourth-order valence-corrected chi connectivity index (χ4v) is 2.89. The molecule has 0 heterocycles. The van der Waals surface area contributed by atoms with E-state index in [4.69, 9.17) is 0 Å². The molecule has 0 atom stereocenters. The smallest absolute Gasteiger partial charge is 0.225 e. The summed E-state index contributed by atoms with van der Waals surface area (Å²) in [4.78, 5) is 14.3. The van der Waals surface area contributed by atoms with E-state index in [1.807, 2.05) is 30.3 Å². The number of nitrogens with zero attached hydrogens (tertiary/aromatic N) is 1. The van der Waals surface area contributed by atoms with Gasteiger partial charge in [0.15, 0.2) is 0 Å². The third-order valence-corrected chi connectivity index (χ3v) is 4.36. The van der Waals surface area contributed by atoms with Crippen LogP contribution in [0.5, 0.6) is 0 Å². The summed E-state index contributed by atoms with van der Waals surface area (Å²) in [5.41, 5.74) is 0.881. The van der Waals surface area contributed by atoms with E-state index in [-0.39, 0.29) is 5.91 Å². The third-order valence-electron chi connectivity index (χ3n) is 4.36. The van der Waals surface area contributed by atoms with Gasteiger partial charge in [-0.2, -0.15) is 0 Å². The average Bonchev–Trinajstić information content (AvgIpc) is 2.46. The maximum absolute atomic E-state index is 11.9. The predicted molar refractivity (Wildman–Crippen MR) is 83.7 cm³/mol. The maximum Gasteiger partial charge on any atom is 0.225 e. The van der Waals surface area contributed by atoms with Crippen LogP contribution in [0, 0.1) is 5.92 Å². The van der Waals surface area contributed by atoms with Crippen molar-refractivity contribution in [2.45, 2.75) is 45.1 Å². The van der Waals surface area contributed by atoms with Gasteiger partial charge in [-0.05, 0) is 50.8 Å². The molecule has 3 nitrogen and oxygen atoms in total. The van der Waals surface area contributed by atoms with E-state index < -0.39 is 0 Å². The molecule has 3 heteroatoms. The normalized spacial score (nSPS) is 22.8. The Morgan fingerprint density at radius 2 is 1.85 bits per heavy atom. The summed E-state index contributed by atoms with van der Waals surface area (Å²) < 4.78 is 0. The van der Waals surface area contributed by atoms with Gasteiger partial charge in [0.05, 0.1) is 0 Å². The highest BCUT2D eigenvalue weighted by molar-refractivity contribution is 5.90. The Hall–Kier alpha value is -1.35. The van der Waals surface area contributed by atoms with Gasteiger partial charge in [0.25, 0.3) is 0 Å². The molecule has 2 rings (SSSR count). The minimum absolute atomic E-state index is 0.104. The number of hydrogen-bond donors (Lipinski definition) is 1. The van der Waals surface area contributed by atoms with Crippen molar-refractivity contribution in [2.24, 2.45) is 5.92 Å². The Kier molecular flexibility index (Phi) is 5.60. The van der Waals surface area contributed by atoms with E-state index in [2.05, 4.69) is 24.2 Å². The number of anilines is 1. The molecule has 1 aromatic rings. The molecule has 0 aliphatic heterocycles. The molecule has 0 aromatic heterocycles. The van der Waals surface area contributed by atoms with Crippen LogP contribution in [0.1, 0.15) is 39.0 Å². The van der Waals surface area contributed by atoms with Gasteiger partial charge in [0, 0.05) is 24.7 Å². The van der Waals surface area contributed by atoms with Crippen molar-refractivity contribution in [1.29, 1.82) is 0 Å². The van der Waals surface area contributed by atoms with Gasteiger partial charge in [-0.1, -0.05) is 25.1 Å². The molecule has 1 N–H and O–H groups in total. The number of benzene rings is 1. The lowest BCUT2D eigenvalue weighted by Crippen LogP contribution is -2.36. The molecule has 0 spiro atoms. The Bertz CT molecular complexity index is 410. The Balaban J connectivity index is 1.70. The molecular formula is C17H26N2O. The first-order chi connectivity index (χ1) is 9.65. The van der Waals surface area contributed by atoms with Gasteiger partial charge in [0.2, 0.25) is 5.91 Å². The summed E-state index contributed by atoms with van der Waals surface area (Å²) in [5, 5.41) is 2.94. The first-order valence-corrected chi connectivity index (χ1v) is 7.70. The van der Waals surface area contributed by atoms with Gasteiger partial charge >= 0.3 is 0 Å². The van der Waals surface area contributed by atoms with Crippen molar-refractivity contribution >= 4 is 11.6 Å². The molecule has 0 bridgehead atoms. The maximum atomic E-state index is 11.9. The Labute approximate surface area is 122 Å². The SMILES string of the molecule is CC1CCC(N(C)CCC(=O)Nc2ccccc2)CC1. The minimum atomic E-state index is 0.104. The molecule has 1 amide bonds. The fraction of sp³-hybridized carbons (Fsp3) is 0.588. The van der Waals surface area contributed by atoms with E-state index in [0.29, 0.717) is 12.5 Å². The van der Waals surface area contributed by atoms with E-state index in [9.17, 15) is 4.79 Å². The van der Waals surface area contributed by atoms with E-state index in [0.717, 1.165) is 18.2 Å².